The molecule has 0 radical (unpaired) electrons. The van der Waals surface area contributed by atoms with Gasteiger partial charge in [0.25, 0.3) is 0 Å². The third kappa shape index (κ3) is 3.81. The molecule has 0 aliphatic carbocycles. The van der Waals surface area contributed by atoms with Crippen LogP contribution in [0.3, 0.4) is 0 Å². The first-order chi connectivity index (χ1) is 12.9. The number of hydrogen-bond donors (Lipinski definition) is 2. The van der Waals surface area contributed by atoms with Crippen molar-refractivity contribution in [3.63, 3.8) is 0 Å². The Balaban J connectivity index is 2.11. The van der Waals surface area contributed by atoms with Gasteiger partial charge in [-0.2, -0.15) is 26.3 Å². The molecule has 1 aliphatic rings. The van der Waals surface area contributed by atoms with E-state index in [4.69, 9.17) is 4.74 Å². The summed E-state index contributed by atoms with van der Waals surface area (Å²) in [7, 11) is 1.30. The van der Waals surface area contributed by atoms with Gasteiger partial charge in [-0.3, -0.25) is 4.79 Å². The van der Waals surface area contributed by atoms with E-state index in [0.29, 0.717) is 6.07 Å². The number of aliphatic hydroxyl groups excluding tert-OH is 1. The van der Waals surface area contributed by atoms with Gasteiger partial charge in [0.2, 0.25) is 5.56 Å². The Bertz CT molecular complexity index is 924. The van der Waals surface area contributed by atoms with Gasteiger partial charge in [0, 0.05) is 36.3 Å². The number of nitrogens with one attached hydrogen (secondary N) is 1. The Hall–Kier alpha value is -2.27. The molecule has 1 fully saturated rings. The molecule has 1 aliphatic heterocycles. The van der Waals surface area contributed by atoms with Crippen molar-refractivity contribution in [3.05, 3.63) is 40.2 Å². The summed E-state index contributed by atoms with van der Waals surface area (Å²) < 4.78 is 84.1. The fourth-order valence-corrected chi connectivity index (χ4v) is 3.47. The lowest BCUT2D eigenvalue weighted by Crippen LogP contribution is -2.47. The van der Waals surface area contributed by atoms with E-state index >= 15 is 0 Å². The van der Waals surface area contributed by atoms with Crippen molar-refractivity contribution in [1.82, 2.24) is 4.98 Å². The Morgan fingerprint density at radius 3 is 2.46 bits per heavy atom. The summed E-state index contributed by atoms with van der Waals surface area (Å²) in [4.78, 5) is 14.9. The lowest BCUT2D eigenvalue weighted by molar-refractivity contribution is -0.209. The quantitative estimate of drug-likeness (QED) is 0.764. The van der Waals surface area contributed by atoms with Gasteiger partial charge in [-0.05, 0) is 24.6 Å². The number of hydrogen-bond acceptors (Lipinski definition) is 4. The molecule has 0 spiro atoms. The summed E-state index contributed by atoms with van der Waals surface area (Å²) >= 11 is 0. The van der Waals surface area contributed by atoms with Crippen LogP contribution in [-0.2, 0) is 10.9 Å². The highest BCUT2D eigenvalue weighted by atomic mass is 19.4. The Morgan fingerprint density at radius 2 is 1.89 bits per heavy atom. The number of ether oxygens (including phenoxy) is 1. The molecule has 1 saturated heterocycles. The number of nitrogens with zero attached hydrogens (tertiary/aromatic N) is 1. The van der Waals surface area contributed by atoms with Crippen LogP contribution in [0.4, 0.5) is 32.0 Å². The first kappa shape index (κ1) is 20.5. The summed E-state index contributed by atoms with van der Waals surface area (Å²) in [5, 5.41) is 9.36. The highest BCUT2D eigenvalue weighted by Gasteiger charge is 2.49. The van der Waals surface area contributed by atoms with E-state index in [2.05, 4.69) is 4.98 Å². The minimum Gasteiger partial charge on any atom is -0.382 e. The largest absolute Gasteiger partial charge is 0.417 e. The molecule has 1 aromatic heterocycles. The number of aromatic nitrogens is 1. The molecular formula is C17H16F6N2O3. The predicted molar refractivity (Wildman–Crippen MR) is 88.2 cm³/mol. The average Bonchev–Trinajstić information content (AvgIpc) is 3.02. The molecule has 1 aromatic carbocycles. The van der Waals surface area contributed by atoms with Crippen LogP contribution in [0, 0.1) is 0 Å². The first-order valence-electron chi connectivity index (χ1n) is 8.20. The van der Waals surface area contributed by atoms with Gasteiger partial charge in [0.15, 0.2) is 6.10 Å². The number of aromatic amines is 1. The number of pyridine rings is 1. The van der Waals surface area contributed by atoms with E-state index in [1.54, 1.807) is 0 Å². The van der Waals surface area contributed by atoms with Crippen LogP contribution in [0.15, 0.2) is 29.1 Å². The molecule has 0 saturated carbocycles. The van der Waals surface area contributed by atoms with E-state index in [0.717, 1.165) is 6.07 Å². The molecule has 3 rings (SSSR count). The van der Waals surface area contributed by atoms with Crippen LogP contribution < -0.4 is 10.5 Å². The molecule has 2 aromatic rings. The molecule has 0 bridgehead atoms. The van der Waals surface area contributed by atoms with E-state index in [9.17, 15) is 36.2 Å². The van der Waals surface area contributed by atoms with Gasteiger partial charge in [-0.25, -0.2) is 0 Å². The van der Waals surface area contributed by atoms with Crippen molar-refractivity contribution in [2.45, 2.75) is 37.0 Å². The number of alkyl halides is 6. The van der Waals surface area contributed by atoms with E-state index in [1.807, 2.05) is 0 Å². The predicted octanol–water partition coefficient (Wildman–Crippen LogP) is 3.06. The van der Waals surface area contributed by atoms with Crippen LogP contribution in [0.2, 0.25) is 0 Å². The van der Waals surface area contributed by atoms with E-state index in [1.165, 1.54) is 24.1 Å². The lowest BCUT2D eigenvalue weighted by atomic mass is 10.0. The number of methoxy groups -OCH3 is 1. The van der Waals surface area contributed by atoms with Crippen LogP contribution in [0.25, 0.3) is 10.9 Å². The Kier molecular flexibility index (Phi) is 5.09. The third-order valence-electron chi connectivity index (χ3n) is 4.80. The number of fused-ring (bicyclic) bond motifs is 1. The monoisotopic (exact) mass is 410 g/mol. The van der Waals surface area contributed by atoms with Crippen molar-refractivity contribution < 1.29 is 36.2 Å². The van der Waals surface area contributed by atoms with Crippen LogP contribution in [-0.4, -0.2) is 48.2 Å². The van der Waals surface area contributed by atoms with Crippen LogP contribution >= 0.6 is 0 Å². The molecule has 0 amide bonds. The summed E-state index contributed by atoms with van der Waals surface area (Å²) in [5.74, 6) is 0. The summed E-state index contributed by atoms with van der Waals surface area (Å²) in [6.45, 7) is -0.0372. The first-order valence-corrected chi connectivity index (χ1v) is 8.20. The molecular weight excluding hydrogens is 394 g/mol. The van der Waals surface area contributed by atoms with Crippen molar-refractivity contribution in [2.24, 2.45) is 0 Å². The SMILES string of the molecule is COC1C[C@H]([C@@H](O)C(F)(F)F)N(c2ccc3[nH]c(=O)cc(C(F)(F)F)c3c2)C1. The number of halogens is 6. The van der Waals surface area contributed by atoms with Crippen LogP contribution in [0.5, 0.6) is 0 Å². The zero-order valence-corrected chi connectivity index (χ0v) is 14.4. The molecule has 5 nitrogen and oxygen atoms in total. The fourth-order valence-electron chi connectivity index (χ4n) is 3.47. The molecule has 3 atom stereocenters. The summed E-state index contributed by atoms with van der Waals surface area (Å²) in [5.41, 5.74) is -2.18. The lowest BCUT2D eigenvalue weighted by Gasteiger charge is -2.31. The highest BCUT2D eigenvalue weighted by Crippen LogP contribution is 2.38. The fraction of sp³-hybridized carbons (Fsp3) is 0.471. The van der Waals surface area contributed by atoms with E-state index < -0.39 is 41.7 Å². The maximum Gasteiger partial charge on any atom is 0.417 e. The highest BCUT2D eigenvalue weighted by molar-refractivity contribution is 5.86. The second-order valence-electron chi connectivity index (χ2n) is 6.57. The topological polar surface area (TPSA) is 65.6 Å². The zero-order valence-electron chi connectivity index (χ0n) is 14.4. The van der Waals surface area contributed by atoms with Gasteiger partial charge in [-0.1, -0.05) is 0 Å². The summed E-state index contributed by atoms with van der Waals surface area (Å²) in [6, 6.07) is 2.53. The van der Waals surface area contributed by atoms with Crippen molar-refractivity contribution in [2.75, 3.05) is 18.6 Å². The molecule has 28 heavy (non-hydrogen) atoms. The number of benzene rings is 1. The molecule has 2 heterocycles. The van der Waals surface area contributed by atoms with Crippen molar-refractivity contribution in [3.8, 4) is 0 Å². The van der Waals surface area contributed by atoms with Gasteiger partial charge in [0.05, 0.1) is 17.7 Å². The Morgan fingerprint density at radius 1 is 1.21 bits per heavy atom. The number of aliphatic hydroxyl groups is 1. The maximum atomic E-state index is 13.3. The standard InChI is InChI=1S/C17H16F6N2O3/c1-28-9-5-13(15(27)17(21,22)23)25(7-9)8-2-3-12-10(4-8)11(16(18,19)20)6-14(26)24-12/h2-4,6,9,13,15,27H,5,7H2,1H3,(H,24,26)/t9?,13-,15-/m1/s1. The number of anilines is 1. The second-order valence-corrected chi connectivity index (χ2v) is 6.57. The molecule has 2 N–H and O–H groups in total. The smallest absolute Gasteiger partial charge is 0.382 e. The Labute approximate surface area is 154 Å². The van der Waals surface area contributed by atoms with Gasteiger partial charge >= 0.3 is 12.4 Å². The van der Waals surface area contributed by atoms with Crippen LogP contribution in [0.1, 0.15) is 12.0 Å². The minimum absolute atomic E-state index is 0.0372. The maximum absolute atomic E-state index is 13.3. The third-order valence-corrected chi connectivity index (χ3v) is 4.80. The van der Waals surface area contributed by atoms with Crippen molar-refractivity contribution in [1.29, 1.82) is 0 Å². The van der Waals surface area contributed by atoms with Gasteiger partial charge < -0.3 is 19.7 Å². The molecule has 154 valence electrons. The summed E-state index contributed by atoms with van der Waals surface area (Å²) in [6.07, 6.45) is -13.2. The number of H-pyrrole nitrogens is 1. The van der Waals surface area contributed by atoms with Gasteiger partial charge in [0.1, 0.15) is 0 Å². The number of rotatable bonds is 3. The average molecular weight is 410 g/mol. The second kappa shape index (κ2) is 6.96. The molecule has 1 unspecified atom stereocenters. The minimum atomic E-state index is -4.90. The van der Waals surface area contributed by atoms with Gasteiger partial charge in [-0.15, -0.1) is 0 Å². The molecule has 11 heteroatoms. The van der Waals surface area contributed by atoms with E-state index in [-0.39, 0.29) is 29.6 Å². The normalized spacial score (nSPS) is 22.1. The van der Waals surface area contributed by atoms with Crippen molar-refractivity contribution >= 4 is 16.6 Å². The zero-order chi connectivity index (χ0) is 20.9.